The molecule has 0 heterocycles. The van der Waals surface area contributed by atoms with Gasteiger partial charge in [0.15, 0.2) is 0 Å². The second-order valence-corrected chi connectivity index (χ2v) is 3.14. The van der Waals surface area contributed by atoms with Crippen LogP contribution in [0.4, 0.5) is 0 Å². The first-order chi connectivity index (χ1) is 3.88. The van der Waals surface area contributed by atoms with Gasteiger partial charge in [0.1, 0.15) is 0 Å². The number of allylic oxidation sites excluding steroid dienone is 2. The van der Waals surface area contributed by atoms with Gasteiger partial charge < -0.3 is 0 Å². The Morgan fingerprint density at radius 3 is 2.38 bits per heavy atom. The molecule has 1 saturated carbocycles. The summed E-state index contributed by atoms with van der Waals surface area (Å²) in [6, 6.07) is 0. The molecule has 0 N–H and O–H groups in total. The molecule has 0 spiro atoms. The molecule has 2 atom stereocenters. The molecule has 0 saturated heterocycles. The van der Waals surface area contributed by atoms with Crippen molar-refractivity contribution in [3.8, 4) is 0 Å². The van der Waals surface area contributed by atoms with Gasteiger partial charge in [-0.3, -0.25) is 0 Å². The highest BCUT2D eigenvalue weighted by Gasteiger charge is 2.36. The van der Waals surface area contributed by atoms with Crippen LogP contribution >= 0.6 is 0 Å². The zero-order chi connectivity index (χ0) is 5.56. The van der Waals surface area contributed by atoms with E-state index in [0.717, 1.165) is 11.8 Å². The fourth-order valence-corrected chi connectivity index (χ4v) is 1.49. The Labute approximate surface area is 50.6 Å². The summed E-state index contributed by atoms with van der Waals surface area (Å²) < 4.78 is 0. The molecule has 2 aliphatic carbocycles. The Bertz CT molecular complexity index is 133. The van der Waals surface area contributed by atoms with Crippen LogP contribution in [-0.2, 0) is 0 Å². The van der Waals surface area contributed by atoms with Gasteiger partial charge >= 0.3 is 0 Å². The molecule has 0 aromatic rings. The highest BCUT2D eigenvalue weighted by molar-refractivity contribution is 5.21. The molecule has 0 aromatic carbocycles. The Morgan fingerprint density at radius 1 is 1.62 bits per heavy atom. The van der Waals surface area contributed by atoms with Gasteiger partial charge in [-0.15, -0.1) is 0 Å². The van der Waals surface area contributed by atoms with E-state index in [2.05, 4.69) is 13.0 Å². The van der Waals surface area contributed by atoms with E-state index in [-0.39, 0.29) is 0 Å². The van der Waals surface area contributed by atoms with Crippen molar-refractivity contribution in [2.45, 2.75) is 26.2 Å². The smallest absolute Gasteiger partial charge is 0.0174 e. The molecule has 2 aliphatic rings. The Morgan fingerprint density at radius 2 is 2.25 bits per heavy atom. The lowest BCUT2D eigenvalue weighted by molar-refractivity contribution is 0.733. The monoisotopic (exact) mass is 108 g/mol. The molecular formula is C8H12. The fraction of sp³-hybridized carbons (Fsp3) is 0.750. The maximum atomic E-state index is 2.41. The average Bonchev–Trinajstić information content (AvgIpc) is 2.13. The van der Waals surface area contributed by atoms with E-state index in [9.17, 15) is 0 Å². The quantitative estimate of drug-likeness (QED) is 0.452. The standard InChI is InChI=1S/C8H12/c1-6-5-8(6)7-3-2-4-7/h3,6,8H,2,4-5H2,1H3. The van der Waals surface area contributed by atoms with Crippen LogP contribution in [0.15, 0.2) is 11.6 Å². The van der Waals surface area contributed by atoms with Gasteiger partial charge in [-0.25, -0.2) is 0 Å². The van der Waals surface area contributed by atoms with E-state index in [1.54, 1.807) is 5.57 Å². The first-order valence-corrected chi connectivity index (χ1v) is 3.57. The predicted molar refractivity (Wildman–Crippen MR) is 34.6 cm³/mol. The van der Waals surface area contributed by atoms with E-state index in [4.69, 9.17) is 0 Å². The minimum Gasteiger partial charge on any atom is -0.0847 e. The third-order valence-corrected chi connectivity index (χ3v) is 2.43. The van der Waals surface area contributed by atoms with E-state index < -0.39 is 0 Å². The van der Waals surface area contributed by atoms with E-state index >= 15 is 0 Å². The van der Waals surface area contributed by atoms with Gasteiger partial charge in [0.05, 0.1) is 0 Å². The molecule has 8 heavy (non-hydrogen) atoms. The molecule has 2 rings (SSSR count). The van der Waals surface area contributed by atoms with Crippen molar-refractivity contribution < 1.29 is 0 Å². The lowest BCUT2D eigenvalue weighted by Crippen LogP contribution is -1.96. The second-order valence-electron chi connectivity index (χ2n) is 3.14. The summed E-state index contributed by atoms with van der Waals surface area (Å²) in [7, 11) is 0. The van der Waals surface area contributed by atoms with Crippen molar-refractivity contribution in [2.75, 3.05) is 0 Å². The summed E-state index contributed by atoms with van der Waals surface area (Å²) in [6.07, 6.45) is 6.66. The summed E-state index contributed by atoms with van der Waals surface area (Å²) in [4.78, 5) is 0. The molecule has 1 fully saturated rings. The third-order valence-electron chi connectivity index (χ3n) is 2.43. The minimum absolute atomic E-state index is 1.03. The van der Waals surface area contributed by atoms with Crippen molar-refractivity contribution in [1.29, 1.82) is 0 Å². The SMILES string of the molecule is CC1CC1C1=CCC1. The summed E-state index contributed by atoms with van der Waals surface area (Å²) >= 11 is 0. The zero-order valence-corrected chi connectivity index (χ0v) is 5.35. The number of rotatable bonds is 1. The van der Waals surface area contributed by atoms with Crippen LogP contribution in [-0.4, -0.2) is 0 Å². The molecule has 2 unspecified atom stereocenters. The van der Waals surface area contributed by atoms with Gasteiger partial charge in [0.25, 0.3) is 0 Å². The van der Waals surface area contributed by atoms with E-state index in [1.165, 1.54) is 19.3 Å². The maximum Gasteiger partial charge on any atom is -0.0174 e. The molecular weight excluding hydrogens is 96.1 g/mol. The van der Waals surface area contributed by atoms with E-state index in [1.807, 2.05) is 0 Å². The Kier molecular flexibility index (Phi) is 0.787. The summed E-state index contributed by atoms with van der Waals surface area (Å²) in [5.74, 6) is 2.06. The molecule has 0 bridgehead atoms. The van der Waals surface area contributed by atoms with Crippen LogP contribution in [0, 0.1) is 11.8 Å². The second kappa shape index (κ2) is 1.37. The first kappa shape index (κ1) is 4.60. The number of hydrogen-bond acceptors (Lipinski definition) is 0. The summed E-state index contributed by atoms with van der Waals surface area (Å²) in [5.41, 5.74) is 1.76. The molecule has 0 amide bonds. The molecule has 0 aromatic heterocycles. The molecule has 0 heteroatoms. The van der Waals surface area contributed by atoms with Gasteiger partial charge in [-0.05, 0) is 31.1 Å². The molecule has 0 aliphatic heterocycles. The van der Waals surface area contributed by atoms with Crippen molar-refractivity contribution in [3.63, 3.8) is 0 Å². The predicted octanol–water partition coefficient (Wildman–Crippen LogP) is 2.36. The topological polar surface area (TPSA) is 0 Å². The van der Waals surface area contributed by atoms with E-state index in [0.29, 0.717) is 0 Å². The van der Waals surface area contributed by atoms with Crippen LogP contribution in [0.2, 0.25) is 0 Å². The van der Waals surface area contributed by atoms with Crippen molar-refractivity contribution >= 4 is 0 Å². The van der Waals surface area contributed by atoms with Crippen molar-refractivity contribution in [1.82, 2.24) is 0 Å². The lowest BCUT2D eigenvalue weighted by atomic mass is 9.94. The third kappa shape index (κ3) is 0.521. The molecule has 0 nitrogen and oxygen atoms in total. The maximum absolute atomic E-state index is 2.41. The summed E-state index contributed by atoms with van der Waals surface area (Å²) in [5, 5.41) is 0. The minimum atomic E-state index is 1.03. The van der Waals surface area contributed by atoms with Crippen LogP contribution < -0.4 is 0 Å². The zero-order valence-electron chi connectivity index (χ0n) is 5.35. The molecule has 0 radical (unpaired) electrons. The van der Waals surface area contributed by atoms with Crippen molar-refractivity contribution in [3.05, 3.63) is 11.6 Å². The van der Waals surface area contributed by atoms with Crippen LogP contribution in [0.3, 0.4) is 0 Å². The van der Waals surface area contributed by atoms with Crippen LogP contribution in [0.1, 0.15) is 26.2 Å². The normalized spacial score (nSPS) is 42.9. The van der Waals surface area contributed by atoms with Gasteiger partial charge in [0, 0.05) is 0 Å². The van der Waals surface area contributed by atoms with Gasteiger partial charge in [-0.1, -0.05) is 18.6 Å². The fourth-order valence-electron chi connectivity index (χ4n) is 1.49. The van der Waals surface area contributed by atoms with Gasteiger partial charge in [-0.2, -0.15) is 0 Å². The Balaban J connectivity index is 2.00. The van der Waals surface area contributed by atoms with Gasteiger partial charge in [0.2, 0.25) is 0 Å². The lowest BCUT2D eigenvalue weighted by Gasteiger charge is -2.12. The van der Waals surface area contributed by atoms with Crippen LogP contribution in [0.5, 0.6) is 0 Å². The van der Waals surface area contributed by atoms with Crippen molar-refractivity contribution in [2.24, 2.45) is 11.8 Å². The average molecular weight is 108 g/mol. The van der Waals surface area contributed by atoms with Crippen LogP contribution in [0.25, 0.3) is 0 Å². The first-order valence-electron chi connectivity index (χ1n) is 3.57. The number of hydrogen-bond donors (Lipinski definition) is 0. The molecule has 44 valence electrons. The highest BCUT2D eigenvalue weighted by Crippen LogP contribution is 2.47. The largest absolute Gasteiger partial charge is 0.0847 e. The highest BCUT2D eigenvalue weighted by atomic mass is 14.4. The summed E-state index contributed by atoms with van der Waals surface area (Å²) in [6.45, 7) is 2.35. The Hall–Kier alpha value is -0.260.